The van der Waals surface area contributed by atoms with E-state index in [1.165, 1.54) is 11.1 Å². The largest absolute Gasteiger partial charge is 0.391 e. The number of hydrogen-bond donors (Lipinski definition) is 3. The highest BCUT2D eigenvalue weighted by molar-refractivity contribution is 5.79. The lowest BCUT2D eigenvalue weighted by Crippen LogP contribution is -2.39. The third-order valence-corrected chi connectivity index (χ3v) is 3.68. The van der Waals surface area contributed by atoms with Gasteiger partial charge in [-0.05, 0) is 43.1 Å². The fourth-order valence-electron chi connectivity index (χ4n) is 2.73. The van der Waals surface area contributed by atoms with Crippen molar-refractivity contribution < 1.29 is 5.11 Å². The number of aromatic amines is 1. The zero-order valence-electron chi connectivity index (χ0n) is 9.90. The van der Waals surface area contributed by atoms with Crippen LogP contribution in [0, 0.1) is 6.92 Å². The number of fused-ring (bicyclic) bond motifs is 1. The summed E-state index contributed by atoms with van der Waals surface area (Å²) in [5.41, 5.74) is 3.54. The molecule has 0 amide bonds. The van der Waals surface area contributed by atoms with E-state index in [-0.39, 0.29) is 12.0 Å². The number of aryl methyl sites for hydroxylation is 1. The van der Waals surface area contributed by atoms with Crippen LogP contribution in [0.2, 0.25) is 0 Å². The molecule has 1 aliphatic heterocycles. The van der Waals surface area contributed by atoms with Crippen LogP contribution < -0.4 is 5.32 Å². The molecular formula is C13H17N3O. The van der Waals surface area contributed by atoms with Crippen molar-refractivity contribution >= 4 is 10.9 Å². The predicted octanol–water partition coefficient (Wildman–Crippen LogP) is 1.31. The van der Waals surface area contributed by atoms with Crippen LogP contribution in [0.15, 0.2) is 18.3 Å². The monoisotopic (exact) mass is 231 g/mol. The van der Waals surface area contributed by atoms with Gasteiger partial charge in [-0.25, -0.2) is 0 Å². The second kappa shape index (κ2) is 4.13. The second-order valence-electron chi connectivity index (χ2n) is 4.83. The van der Waals surface area contributed by atoms with Gasteiger partial charge in [-0.15, -0.1) is 0 Å². The first-order chi connectivity index (χ1) is 8.25. The molecule has 17 heavy (non-hydrogen) atoms. The third kappa shape index (κ3) is 1.83. The van der Waals surface area contributed by atoms with E-state index >= 15 is 0 Å². The van der Waals surface area contributed by atoms with Gasteiger partial charge in [0.25, 0.3) is 0 Å². The van der Waals surface area contributed by atoms with E-state index < -0.39 is 0 Å². The van der Waals surface area contributed by atoms with Gasteiger partial charge in [0.15, 0.2) is 0 Å². The summed E-state index contributed by atoms with van der Waals surface area (Å²) in [5, 5.41) is 21.5. The van der Waals surface area contributed by atoms with Gasteiger partial charge in [0.1, 0.15) is 0 Å². The van der Waals surface area contributed by atoms with Crippen LogP contribution in [-0.2, 0) is 0 Å². The quantitative estimate of drug-likeness (QED) is 0.693. The number of H-pyrrole nitrogens is 1. The first-order valence-electron chi connectivity index (χ1n) is 6.08. The van der Waals surface area contributed by atoms with Gasteiger partial charge in [0, 0.05) is 17.8 Å². The molecule has 0 spiro atoms. The number of piperidine rings is 1. The number of hydrogen-bond acceptors (Lipinski definition) is 3. The summed E-state index contributed by atoms with van der Waals surface area (Å²) >= 11 is 0. The Labute approximate surface area is 100 Å². The van der Waals surface area contributed by atoms with E-state index in [2.05, 4.69) is 34.6 Å². The maximum atomic E-state index is 10.1. The molecule has 0 bridgehead atoms. The van der Waals surface area contributed by atoms with Crippen LogP contribution in [0.3, 0.4) is 0 Å². The number of nitrogens with zero attached hydrogens (tertiary/aromatic N) is 1. The fraction of sp³-hybridized carbons (Fsp3) is 0.462. The first-order valence-corrected chi connectivity index (χ1v) is 6.08. The molecule has 3 N–H and O–H groups in total. The number of aliphatic hydroxyl groups is 1. The minimum atomic E-state index is -0.289. The fourth-order valence-corrected chi connectivity index (χ4v) is 2.73. The Hall–Kier alpha value is -1.39. The third-order valence-electron chi connectivity index (χ3n) is 3.68. The number of nitrogens with one attached hydrogen (secondary N) is 2. The van der Waals surface area contributed by atoms with Crippen molar-refractivity contribution in [1.29, 1.82) is 0 Å². The van der Waals surface area contributed by atoms with E-state index in [0.717, 1.165) is 23.9 Å². The van der Waals surface area contributed by atoms with Gasteiger partial charge in [0.2, 0.25) is 0 Å². The van der Waals surface area contributed by atoms with Crippen molar-refractivity contribution in [3.05, 3.63) is 29.5 Å². The van der Waals surface area contributed by atoms with Crippen molar-refractivity contribution in [3.63, 3.8) is 0 Å². The van der Waals surface area contributed by atoms with Gasteiger partial charge < -0.3 is 10.4 Å². The Morgan fingerprint density at radius 3 is 3.12 bits per heavy atom. The summed E-state index contributed by atoms with van der Waals surface area (Å²) in [4.78, 5) is 0. The topological polar surface area (TPSA) is 60.9 Å². The lowest BCUT2D eigenvalue weighted by atomic mass is 9.85. The van der Waals surface area contributed by atoms with E-state index in [1.807, 2.05) is 6.20 Å². The van der Waals surface area contributed by atoms with Crippen molar-refractivity contribution in [2.75, 3.05) is 13.1 Å². The Balaban J connectivity index is 2.05. The van der Waals surface area contributed by atoms with Gasteiger partial charge in [0.05, 0.1) is 17.8 Å². The molecule has 4 nitrogen and oxygen atoms in total. The minimum Gasteiger partial charge on any atom is -0.391 e. The molecule has 1 aliphatic rings. The summed E-state index contributed by atoms with van der Waals surface area (Å²) in [7, 11) is 0. The summed E-state index contributed by atoms with van der Waals surface area (Å²) in [5.74, 6) is 0.240. The summed E-state index contributed by atoms with van der Waals surface area (Å²) < 4.78 is 0. The molecule has 2 aromatic rings. The smallest absolute Gasteiger partial charge is 0.0733 e. The van der Waals surface area contributed by atoms with Crippen LogP contribution in [-0.4, -0.2) is 34.5 Å². The highest BCUT2D eigenvalue weighted by atomic mass is 16.3. The number of aromatic nitrogens is 2. The number of rotatable bonds is 1. The Bertz CT molecular complexity index is 534. The molecular weight excluding hydrogens is 214 g/mol. The summed E-state index contributed by atoms with van der Waals surface area (Å²) in [6.07, 6.45) is 2.54. The van der Waals surface area contributed by atoms with E-state index in [1.54, 1.807) is 0 Å². The summed E-state index contributed by atoms with van der Waals surface area (Å²) in [6.45, 7) is 3.77. The highest BCUT2D eigenvalue weighted by Gasteiger charge is 2.25. The molecule has 3 rings (SSSR count). The minimum absolute atomic E-state index is 0.240. The van der Waals surface area contributed by atoms with Gasteiger partial charge in [-0.1, -0.05) is 0 Å². The average molecular weight is 231 g/mol. The van der Waals surface area contributed by atoms with E-state index in [4.69, 9.17) is 0 Å². The molecule has 1 aromatic heterocycles. The van der Waals surface area contributed by atoms with Crippen molar-refractivity contribution in [2.45, 2.75) is 25.4 Å². The van der Waals surface area contributed by atoms with Crippen LogP contribution in [0.4, 0.5) is 0 Å². The molecule has 90 valence electrons. The van der Waals surface area contributed by atoms with Crippen molar-refractivity contribution in [2.24, 2.45) is 0 Å². The molecule has 2 atom stereocenters. The zero-order chi connectivity index (χ0) is 11.8. The lowest BCUT2D eigenvalue weighted by molar-refractivity contribution is 0.118. The normalized spacial score (nSPS) is 25.3. The first kappa shape index (κ1) is 10.7. The van der Waals surface area contributed by atoms with Crippen molar-refractivity contribution in [3.8, 4) is 0 Å². The Morgan fingerprint density at radius 1 is 1.41 bits per heavy atom. The summed E-state index contributed by atoms with van der Waals surface area (Å²) in [6, 6.07) is 4.28. The zero-order valence-corrected chi connectivity index (χ0v) is 9.90. The molecule has 1 aromatic carbocycles. The SMILES string of the molecule is Cc1cc2cn[nH]c2cc1[C@@H]1CCNC[C@H]1O. The average Bonchev–Trinajstić information content (AvgIpc) is 2.76. The molecule has 4 heteroatoms. The van der Waals surface area contributed by atoms with E-state index in [9.17, 15) is 5.11 Å². The lowest BCUT2D eigenvalue weighted by Gasteiger charge is -2.29. The Morgan fingerprint density at radius 2 is 2.29 bits per heavy atom. The molecule has 1 fully saturated rings. The maximum Gasteiger partial charge on any atom is 0.0733 e. The molecule has 0 saturated carbocycles. The highest BCUT2D eigenvalue weighted by Crippen LogP contribution is 2.30. The molecule has 0 aliphatic carbocycles. The van der Waals surface area contributed by atoms with Crippen LogP contribution in [0.5, 0.6) is 0 Å². The van der Waals surface area contributed by atoms with Crippen molar-refractivity contribution in [1.82, 2.24) is 15.5 Å². The number of β-amino-alcohol motifs (C(OH)–C–C–N with tert-alkyl or cyclic N) is 1. The van der Waals surface area contributed by atoms with Crippen LogP contribution in [0.25, 0.3) is 10.9 Å². The van der Waals surface area contributed by atoms with Gasteiger partial charge in [-0.3, -0.25) is 5.10 Å². The van der Waals surface area contributed by atoms with Gasteiger partial charge in [-0.2, -0.15) is 5.10 Å². The molecule has 2 heterocycles. The predicted molar refractivity (Wildman–Crippen MR) is 67.1 cm³/mol. The standard InChI is InChI=1S/C13H17N3O/c1-8-4-9-6-15-16-12(9)5-11(8)10-2-3-14-7-13(10)17/h4-6,10,13-14,17H,2-3,7H2,1H3,(H,15,16)/t10-,13+/m0/s1. The molecule has 0 unspecified atom stereocenters. The molecule has 0 radical (unpaired) electrons. The van der Waals surface area contributed by atoms with Crippen LogP contribution in [0.1, 0.15) is 23.5 Å². The molecule has 1 saturated heterocycles. The maximum absolute atomic E-state index is 10.1. The van der Waals surface area contributed by atoms with Crippen LogP contribution >= 0.6 is 0 Å². The second-order valence-corrected chi connectivity index (χ2v) is 4.83. The van der Waals surface area contributed by atoms with E-state index in [0.29, 0.717) is 6.54 Å². The van der Waals surface area contributed by atoms with Gasteiger partial charge >= 0.3 is 0 Å². The Kier molecular flexibility index (Phi) is 2.61. The number of benzene rings is 1. The number of aliphatic hydroxyl groups excluding tert-OH is 1.